The second-order valence-electron chi connectivity index (χ2n) is 7.64. The Kier molecular flexibility index (Phi) is 15.6. The van der Waals surface area contributed by atoms with Crippen LogP contribution in [0.25, 0.3) is 0 Å². The van der Waals surface area contributed by atoms with Gasteiger partial charge in [0.25, 0.3) is 0 Å². The van der Waals surface area contributed by atoms with E-state index < -0.39 is 49.8 Å². The molecule has 0 fully saturated rings. The van der Waals surface area contributed by atoms with Crippen LogP contribution in [0.3, 0.4) is 0 Å². The first kappa shape index (κ1) is 37.9. The molecular weight excluding hydrogens is 626 g/mol. The Morgan fingerprint density at radius 1 is 0.667 bits per heavy atom. The van der Waals surface area contributed by atoms with E-state index in [4.69, 9.17) is 0 Å². The molecule has 0 aliphatic rings. The Labute approximate surface area is 286 Å². The van der Waals surface area contributed by atoms with Gasteiger partial charge in [0, 0.05) is 64.7 Å². The third-order valence-corrected chi connectivity index (χ3v) is 5.94. The van der Waals surface area contributed by atoms with Gasteiger partial charge in [0.1, 0.15) is 27.6 Å². The SMILES string of the molecule is O=C(c1ccc(F)c(OOOS)c1)c1ccc(F)c(S(=O)(=O)[O-])c1.O=C(c1ccc(F)cc1)c1ccc(F)cc1.[Na+].[Na]. The van der Waals surface area contributed by atoms with Gasteiger partial charge in [0.05, 0.1) is 4.90 Å². The zero-order valence-corrected chi connectivity index (χ0v) is 27.4. The second-order valence-corrected chi connectivity index (χ2v) is 9.14. The molecular formula is C26H15F4Na2O8S2. The van der Waals surface area contributed by atoms with Crippen LogP contribution in [0.2, 0.25) is 0 Å². The molecule has 4 aromatic rings. The predicted molar refractivity (Wildman–Crippen MR) is 138 cm³/mol. The molecule has 0 heterocycles. The van der Waals surface area contributed by atoms with E-state index in [2.05, 4.69) is 27.2 Å². The van der Waals surface area contributed by atoms with Crippen LogP contribution in [0.15, 0.2) is 89.8 Å². The van der Waals surface area contributed by atoms with Crippen LogP contribution in [0.4, 0.5) is 17.6 Å². The van der Waals surface area contributed by atoms with Crippen LogP contribution in [0.5, 0.6) is 5.75 Å². The third-order valence-electron chi connectivity index (χ3n) is 5.02. The maximum Gasteiger partial charge on any atom is 1.00 e. The van der Waals surface area contributed by atoms with Gasteiger partial charge in [0.15, 0.2) is 17.4 Å². The minimum atomic E-state index is -5.11. The van der Waals surface area contributed by atoms with Crippen LogP contribution in [0.1, 0.15) is 31.8 Å². The van der Waals surface area contributed by atoms with Crippen molar-refractivity contribution in [3.63, 3.8) is 0 Å². The van der Waals surface area contributed by atoms with Gasteiger partial charge in [-0.3, -0.25) is 9.59 Å². The molecule has 4 rings (SSSR count). The van der Waals surface area contributed by atoms with Gasteiger partial charge in [0.2, 0.25) is 5.75 Å². The monoisotopic (exact) mass is 641 g/mol. The molecule has 8 nitrogen and oxygen atoms in total. The third kappa shape index (κ3) is 10.6. The van der Waals surface area contributed by atoms with Crippen molar-refractivity contribution in [1.82, 2.24) is 0 Å². The zero-order chi connectivity index (χ0) is 29.4. The second kappa shape index (κ2) is 17.3. The normalized spacial score (nSPS) is 10.3. The van der Waals surface area contributed by atoms with Gasteiger partial charge >= 0.3 is 29.6 Å². The van der Waals surface area contributed by atoms with Crippen molar-refractivity contribution in [2.75, 3.05) is 0 Å². The summed E-state index contributed by atoms with van der Waals surface area (Å²) in [4.78, 5) is 27.3. The molecule has 0 spiro atoms. The van der Waals surface area contributed by atoms with E-state index in [0.717, 1.165) is 24.3 Å². The van der Waals surface area contributed by atoms with Gasteiger partial charge in [-0.05, 0) is 90.0 Å². The van der Waals surface area contributed by atoms with Crippen molar-refractivity contribution in [3.8, 4) is 5.75 Å². The van der Waals surface area contributed by atoms with E-state index in [0.29, 0.717) is 23.3 Å². The number of carbonyl (C=O) groups excluding carboxylic acids is 2. The summed E-state index contributed by atoms with van der Waals surface area (Å²) in [6, 6.07) is 15.6. The van der Waals surface area contributed by atoms with Crippen LogP contribution in [0, 0.1) is 23.3 Å². The van der Waals surface area contributed by atoms with E-state index >= 15 is 0 Å². The standard InChI is InChI=1S/C13H8F2O7S2.C13H8F2O.2Na/c14-9-3-1-7(5-11(9)20-21-22-23)13(16)8-2-4-10(15)12(6-8)24(17,18)19;14-11-5-1-9(2-6-11)13(16)10-3-7-12(15)8-4-10;;/h1-6,23H,(H,17,18,19);1-8H;;/q;;;+1/p-1. The first-order valence-corrected chi connectivity index (χ1v) is 12.5. The van der Waals surface area contributed by atoms with Crippen molar-refractivity contribution >= 4 is 64.2 Å². The van der Waals surface area contributed by atoms with E-state index in [9.17, 15) is 40.1 Å². The quantitative estimate of drug-likeness (QED) is 0.0454. The molecule has 0 saturated heterocycles. The molecule has 209 valence electrons. The molecule has 4 aromatic carbocycles. The topological polar surface area (TPSA) is 119 Å². The molecule has 1 radical (unpaired) electrons. The summed E-state index contributed by atoms with van der Waals surface area (Å²) < 4.78 is 88.9. The summed E-state index contributed by atoms with van der Waals surface area (Å²) in [6.45, 7) is 0. The van der Waals surface area contributed by atoms with Crippen LogP contribution < -0.4 is 34.4 Å². The predicted octanol–water partition coefficient (Wildman–Crippen LogP) is 2.01. The van der Waals surface area contributed by atoms with Crippen molar-refractivity contribution in [1.29, 1.82) is 0 Å². The first-order chi connectivity index (χ1) is 18.9. The number of benzene rings is 4. The first-order valence-electron chi connectivity index (χ1n) is 10.7. The number of halogens is 4. The molecule has 0 atom stereocenters. The molecule has 42 heavy (non-hydrogen) atoms. The fraction of sp³-hybridized carbons (Fsp3) is 0. The number of hydrogen-bond donors (Lipinski definition) is 1. The number of rotatable bonds is 8. The van der Waals surface area contributed by atoms with Crippen LogP contribution in [-0.4, -0.2) is 54.1 Å². The summed E-state index contributed by atoms with van der Waals surface area (Å²) in [5.74, 6) is -4.54. The van der Waals surface area contributed by atoms with Gasteiger partial charge in [-0.15, -0.1) is 4.33 Å². The summed E-state index contributed by atoms with van der Waals surface area (Å²) in [7, 11) is -5.11. The smallest absolute Gasteiger partial charge is 0.744 e. The minimum absolute atomic E-state index is 0. The average Bonchev–Trinajstić information content (AvgIpc) is 2.93. The maximum atomic E-state index is 13.5. The van der Waals surface area contributed by atoms with E-state index in [-0.39, 0.29) is 76.0 Å². The molecule has 0 saturated carbocycles. The molecule has 0 bridgehead atoms. The summed E-state index contributed by atoms with van der Waals surface area (Å²) in [6.07, 6.45) is 0. The van der Waals surface area contributed by atoms with Gasteiger partial charge in [-0.2, -0.15) is 0 Å². The number of thiol groups is 1. The molecule has 0 aliphatic heterocycles. The van der Waals surface area contributed by atoms with E-state index in [1.54, 1.807) is 0 Å². The molecule has 0 N–H and O–H groups in total. The van der Waals surface area contributed by atoms with Crippen molar-refractivity contribution in [3.05, 3.63) is 130 Å². The van der Waals surface area contributed by atoms with Crippen LogP contribution in [-0.2, 0) is 19.5 Å². The molecule has 0 aromatic heterocycles. The van der Waals surface area contributed by atoms with Gasteiger partial charge < -0.3 is 9.44 Å². The van der Waals surface area contributed by atoms with Crippen molar-refractivity contribution in [2.24, 2.45) is 0 Å². The van der Waals surface area contributed by atoms with Gasteiger partial charge in [-0.1, -0.05) is 0 Å². The largest absolute Gasteiger partial charge is 1.00 e. The molecule has 16 heteroatoms. The fourth-order valence-corrected chi connectivity index (χ4v) is 3.74. The Balaban J connectivity index is 0.000000429. The van der Waals surface area contributed by atoms with E-state index in [1.807, 2.05) is 0 Å². The Hall–Kier alpha value is -2.08. The van der Waals surface area contributed by atoms with E-state index in [1.165, 1.54) is 48.5 Å². The maximum absolute atomic E-state index is 13.5. The zero-order valence-electron chi connectivity index (χ0n) is 21.7. The number of hydrogen-bond acceptors (Lipinski definition) is 9. The fourth-order valence-electron chi connectivity index (χ4n) is 3.13. The summed E-state index contributed by atoms with van der Waals surface area (Å²) in [5, 5.41) is 3.96. The Morgan fingerprint density at radius 2 is 1.07 bits per heavy atom. The average molecular weight is 642 g/mol. The van der Waals surface area contributed by atoms with Crippen molar-refractivity contribution < 1.29 is 83.9 Å². The van der Waals surface area contributed by atoms with Gasteiger partial charge in [-0.25, -0.2) is 26.0 Å². The summed E-state index contributed by atoms with van der Waals surface area (Å²) >= 11 is 3.20. The van der Waals surface area contributed by atoms with Crippen LogP contribution >= 0.6 is 12.9 Å². The molecule has 0 aliphatic carbocycles. The number of carbonyl (C=O) groups is 2. The molecule has 0 unspecified atom stereocenters. The number of ketones is 2. The Bertz CT molecular complexity index is 1590. The van der Waals surface area contributed by atoms with Crippen molar-refractivity contribution in [2.45, 2.75) is 4.90 Å². The molecule has 0 amide bonds. The summed E-state index contributed by atoms with van der Waals surface area (Å²) in [5.41, 5.74) is 0.325. The Morgan fingerprint density at radius 3 is 1.52 bits per heavy atom. The minimum Gasteiger partial charge on any atom is -0.744 e.